The van der Waals surface area contributed by atoms with E-state index in [2.05, 4.69) is 18.1 Å². The van der Waals surface area contributed by atoms with Gasteiger partial charge in [-0.15, -0.1) is 0 Å². The summed E-state index contributed by atoms with van der Waals surface area (Å²) in [5.41, 5.74) is 6.63. The molecule has 0 saturated heterocycles. The number of hydrogen-bond acceptors (Lipinski definition) is 6. The molecule has 8 heteroatoms. The number of amides is 1. The molecule has 5 rings (SSSR count). The van der Waals surface area contributed by atoms with Crippen LogP contribution in [0.15, 0.2) is 97.1 Å². The lowest BCUT2D eigenvalue weighted by molar-refractivity contribution is -0.107. The van der Waals surface area contributed by atoms with Gasteiger partial charge in [-0.3, -0.25) is 4.79 Å². The third-order valence-corrected chi connectivity index (χ3v) is 7.46. The molecule has 0 radical (unpaired) electrons. The molecule has 1 aliphatic heterocycles. The molecule has 0 fully saturated rings. The van der Waals surface area contributed by atoms with Crippen molar-refractivity contribution < 1.29 is 14.3 Å². The SMILES string of the molecule is CN(C=O)c1cc(C2=CCB(C#N)CC2)ccc1N(C)c1ccc(OCc2ccccc2)nc1OCc1ccccc1. The van der Waals surface area contributed by atoms with Crippen LogP contribution in [0.2, 0.25) is 12.6 Å². The Balaban J connectivity index is 1.46. The van der Waals surface area contributed by atoms with E-state index in [1.165, 1.54) is 5.57 Å². The zero-order valence-corrected chi connectivity index (χ0v) is 23.9. The monoisotopic (exact) mass is 556 g/mol. The Hall–Kier alpha value is -5.03. The number of nitrogens with zero attached hydrogens (tertiary/aromatic N) is 4. The minimum absolute atomic E-state index is 0.0673. The molecule has 1 amide bonds. The van der Waals surface area contributed by atoms with Gasteiger partial charge in [-0.05, 0) is 53.2 Å². The largest absolute Gasteiger partial charge is 0.473 e. The highest BCUT2D eigenvalue weighted by Crippen LogP contribution is 2.40. The number of rotatable bonds is 11. The maximum Gasteiger partial charge on any atom is 0.271 e. The van der Waals surface area contributed by atoms with E-state index >= 15 is 0 Å². The second-order valence-electron chi connectivity index (χ2n) is 10.3. The van der Waals surface area contributed by atoms with Crippen LogP contribution < -0.4 is 19.3 Å². The molecular weight excluding hydrogens is 523 g/mol. The van der Waals surface area contributed by atoms with Crippen LogP contribution in [0.5, 0.6) is 11.8 Å². The van der Waals surface area contributed by atoms with Gasteiger partial charge >= 0.3 is 0 Å². The number of benzene rings is 3. The van der Waals surface area contributed by atoms with Crippen LogP contribution in [-0.2, 0) is 18.0 Å². The fraction of sp³-hybridized carbons (Fsp3) is 0.206. The van der Waals surface area contributed by atoms with E-state index in [1.807, 2.05) is 96.9 Å². The second-order valence-corrected chi connectivity index (χ2v) is 10.3. The number of anilines is 3. The van der Waals surface area contributed by atoms with E-state index < -0.39 is 0 Å². The van der Waals surface area contributed by atoms with Crippen molar-refractivity contribution in [3.8, 4) is 17.7 Å². The zero-order chi connectivity index (χ0) is 29.3. The fourth-order valence-corrected chi connectivity index (χ4v) is 5.00. The van der Waals surface area contributed by atoms with Gasteiger partial charge in [0.05, 0.1) is 11.4 Å². The van der Waals surface area contributed by atoms with Crippen molar-refractivity contribution in [3.05, 3.63) is 114 Å². The number of ether oxygens (including phenoxy) is 2. The molecule has 7 nitrogen and oxygen atoms in total. The predicted octanol–water partition coefficient (Wildman–Crippen LogP) is 6.94. The molecule has 4 aromatic rings. The molecule has 3 aromatic carbocycles. The molecule has 2 heterocycles. The lowest BCUT2D eigenvalue weighted by Crippen LogP contribution is -2.20. The summed E-state index contributed by atoms with van der Waals surface area (Å²) in [5.74, 6) is 3.25. The first kappa shape index (κ1) is 28.5. The lowest BCUT2D eigenvalue weighted by Gasteiger charge is -2.27. The van der Waals surface area contributed by atoms with Crippen molar-refractivity contribution in [2.75, 3.05) is 23.9 Å². The average Bonchev–Trinajstić information content (AvgIpc) is 3.06. The molecule has 1 aliphatic rings. The van der Waals surface area contributed by atoms with Crippen molar-refractivity contribution in [2.45, 2.75) is 32.3 Å². The van der Waals surface area contributed by atoms with Gasteiger partial charge in [0.2, 0.25) is 18.2 Å². The van der Waals surface area contributed by atoms with Crippen LogP contribution in [0.1, 0.15) is 23.1 Å². The molecule has 0 atom stereocenters. The van der Waals surface area contributed by atoms with Crippen LogP contribution in [0.25, 0.3) is 5.57 Å². The number of carbonyl (C=O) groups is 1. The van der Waals surface area contributed by atoms with E-state index in [9.17, 15) is 10.1 Å². The second kappa shape index (κ2) is 13.6. The van der Waals surface area contributed by atoms with Crippen molar-refractivity contribution in [3.63, 3.8) is 0 Å². The number of allylic oxidation sites excluding steroid dienone is 2. The van der Waals surface area contributed by atoms with Crippen LogP contribution in [-0.4, -0.2) is 32.2 Å². The number of nitriles is 1. The van der Waals surface area contributed by atoms with Gasteiger partial charge in [0.15, 0.2) is 0 Å². The lowest BCUT2D eigenvalue weighted by atomic mass is 9.43. The maximum absolute atomic E-state index is 11.9. The quantitative estimate of drug-likeness (QED) is 0.147. The Labute approximate surface area is 247 Å². The summed E-state index contributed by atoms with van der Waals surface area (Å²) < 4.78 is 12.3. The van der Waals surface area contributed by atoms with E-state index in [0.717, 1.165) is 59.2 Å². The minimum atomic E-state index is 0.0673. The number of aromatic nitrogens is 1. The van der Waals surface area contributed by atoms with Gasteiger partial charge in [-0.25, -0.2) is 5.26 Å². The van der Waals surface area contributed by atoms with Crippen molar-refractivity contribution in [1.29, 1.82) is 5.26 Å². The van der Waals surface area contributed by atoms with Gasteiger partial charge in [-0.2, -0.15) is 4.98 Å². The normalized spacial score (nSPS) is 12.6. The zero-order valence-electron chi connectivity index (χ0n) is 23.9. The van der Waals surface area contributed by atoms with Crippen LogP contribution in [0, 0.1) is 11.2 Å². The third kappa shape index (κ3) is 6.81. The Morgan fingerprint density at radius 2 is 1.55 bits per heavy atom. The summed E-state index contributed by atoms with van der Waals surface area (Å²) in [6.45, 7) is 0.800. The summed E-state index contributed by atoms with van der Waals surface area (Å²) in [6, 6.07) is 29.8. The predicted molar refractivity (Wildman–Crippen MR) is 168 cm³/mol. The summed E-state index contributed by atoms with van der Waals surface area (Å²) in [6.07, 6.45) is 5.38. The molecule has 0 saturated carbocycles. The molecular formula is C34H33BN4O3. The Bertz CT molecular complexity index is 1590. The van der Waals surface area contributed by atoms with E-state index in [0.29, 0.717) is 25.0 Å². The highest BCUT2D eigenvalue weighted by atomic mass is 16.5. The van der Waals surface area contributed by atoms with Gasteiger partial charge in [0.1, 0.15) is 18.9 Å². The maximum atomic E-state index is 11.9. The highest BCUT2D eigenvalue weighted by molar-refractivity contribution is 6.67. The molecule has 42 heavy (non-hydrogen) atoms. The topological polar surface area (TPSA) is 78.7 Å². The van der Waals surface area contributed by atoms with E-state index in [-0.39, 0.29) is 6.71 Å². The van der Waals surface area contributed by atoms with Crippen LogP contribution in [0.3, 0.4) is 0 Å². The standard InChI is InChI=1S/C34H33BN4O3/c1-38(25-40)32-21-29(28-17-19-35(24-36)20-18-28)13-14-30(32)39(2)31-15-16-33(41-22-26-9-5-3-6-10-26)37-34(31)42-23-27-11-7-4-8-12-27/h3-17,21,25H,18-20,22-23H2,1-2H3. The molecule has 0 N–H and O–H groups in total. The van der Waals surface area contributed by atoms with Crippen molar-refractivity contribution >= 4 is 35.8 Å². The van der Waals surface area contributed by atoms with Gasteiger partial charge in [-0.1, -0.05) is 79.1 Å². The Kier molecular flexibility index (Phi) is 9.20. The summed E-state index contributed by atoms with van der Waals surface area (Å²) in [4.78, 5) is 20.3. The molecule has 0 unspecified atom stereocenters. The number of carbonyl (C=O) groups excluding carboxylic acids is 1. The summed E-state index contributed by atoms with van der Waals surface area (Å²) >= 11 is 0. The molecule has 210 valence electrons. The first-order valence-corrected chi connectivity index (χ1v) is 14.0. The van der Waals surface area contributed by atoms with Gasteiger partial charge < -0.3 is 19.3 Å². The van der Waals surface area contributed by atoms with Crippen molar-refractivity contribution in [1.82, 2.24) is 4.98 Å². The van der Waals surface area contributed by atoms with Crippen LogP contribution in [0.4, 0.5) is 17.1 Å². The number of hydrogen-bond donors (Lipinski definition) is 0. The molecule has 1 aromatic heterocycles. The van der Waals surface area contributed by atoms with Crippen molar-refractivity contribution in [2.24, 2.45) is 0 Å². The summed E-state index contributed by atoms with van der Waals surface area (Å²) in [7, 11) is 3.68. The van der Waals surface area contributed by atoms with Gasteiger partial charge in [0.25, 0.3) is 6.71 Å². The average molecular weight is 556 g/mol. The smallest absolute Gasteiger partial charge is 0.271 e. The first-order chi connectivity index (χ1) is 20.6. The molecule has 0 spiro atoms. The minimum Gasteiger partial charge on any atom is -0.473 e. The van der Waals surface area contributed by atoms with Crippen LogP contribution >= 0.6 is 0 Å². The van der Waals surface area contributed by atoms with Gasteiger partial charge in [0, 0.05) is 26.1 Å². The van der Waals surface area contributed by atoms with E-state index in [4.69, 9.17) is 14.5 Å². The molecule has 0 bridgehead atoms. The first-order valence-electron chi connectivity index (χ1n) is 14.0. The molecule has 0 aliphatic carbocycles. The fourth-order valence-electron chi connectivity index (χ4n) is 5.00. The van der Waals surface area contributed by atoms with E-state index in [1.54, 1.807) is 11.9 Å². The number of pyridine rings is 1. The highest BCUT2D eigenvalue weighted by Gasteiger charge is 2.22. The Morgan fingerprint density at radius 1 is 0.881 bits per heavy atom. The summed E-state index contributed by atoms with van der Waals surface area (Å²) in [5, 5.41) is 9.27. The third-order valence-electron chi connectivity index (χ3n) is 7.46. The Morgan fingerprint density at radius 3 is 2.17 bits per heavy atom.